The number of aryl methyl sites for hydroxylation is 2. The summed E-state index contributed by atoms with van der Waals surface area (Å²) in [4.78, 5) is 23.7. The molecular formula is C12H19N5O. The normalized spacial score (nSPS) is 15.9. The molecule has 2 heterocycles. The minimum atomic E-state index is -0.343. The van der Waals surface area contributed by atoms with Gasteiger partial charge in [0.25, 0.3) is 0 Å². The molecule has 1 aromatic rings. The van der Waals surface area contributed by atoms with Crippen LogP contribution in [0.5, 0.6) is 0 Å². The number of carbonyl (C=O) groups is 1. The van der Waals surface area contributed by atoms with Gasteiger partial charge >= 0.3 is 6.03 Å². The first-order valence-electron chi connectivity index (χ1n) is 6.23. The van der Waals surface area contributed by atoms with Crippen molar-refractivity contribution in [2.24, 2.45) is 5.73 Å². The van der Waals surface area contributed by atoms with Crippen molar-refractivity contribution in [1.29, 1.82) is 0 Å². The van der Waals surface area contributed by atoms with Crippen LogP contribution in [-0.2, 0) is 6.42 Å². The SMILES string of the molecule is CCc1cnc(C)nc1N1CCN(C(N)=O)CC1. The maximum absolute atomic E-state index is 11.1. The molecule has 2 amide bonds. The Balaban J connectivity index is 2.14. The highest BCUT2D eigenvalue weighted by atomic mass is 16.2. The average Bonchev–Trinajstić information content (AvgIpc) is 2.39. The number of nitrogens with zero attached hydrogens (tertiary/aromatic N) is 4. The molecule has 0 aromatic carbocycles. The van der Waals surface area contributed by atoms with Gasteiger partial charge in [-0.1, -0.05) is 6.92 Å². The number of rotatable bonds is 2. The Morgan fingerprint density at radius 3 is 2.61 bits per heavy atom. The average molecular weight is 249 g/mol. The highest BCUT2D eigenvalue weighted by Crippen LogP contribution is 2.19. The first-order valence-corrected chi connectivity index (χ1v) is 6.23. The van der Waals surface area contributed by atoms with E-state index in [9.17, 15) is 4.79 Å². The Morgan fingerprint density at radius 1 is 1.39 bits per heavy atom. The van der Waals surface area contributed by atoms with Gasteiger partial charge in [0, 0.05) is 37.9 Å². The fourth-order valence-corrected chi connectivity index (χ4v) is 2.14. The fraction of sp³-hybridized carbons (Fsp3) is 0.583. The summed E-state index contributed by atoms with van der Waals surface area (Å²) in [6.07, 6.45) is 2.80. The molecule has 2 N–H and O–H groups in total. The maximum Gasteiger partial charge on any atom is 0.314 e. The third kappa shape index (κ3) is 2.52. The van der Waals surface area contributed by atoms with Crippen molar-refractivity contribution in [3.8, 4) is 0 Å². The largest absolute Gasteiger partial charge is 0.353 e. The van der Waals surface area contributed by atoms with Gasteiger partial charge in [-0.25, -0.2) is 14.8 Å². The quantitative estimate of drug-likeness (QED) is 0.830. The molecule has 1 saturated heterocycles. The minimum Gasteiger partial charge on any atom is -0.353 e. The maximum atomic E-state index is 11.1. The van der Waals surface area contributed by atoms with Crippen molar-refractivity contribution in [3.05, 3.63) is 17.6 Å². The predicted octanol–water partition coefficient (Wildman–Crippen LogP) is 0.548. The Labute approximate surface area is 107 Å². The molecule has 0 unspecified atom stereocenters. The number of anilines is 1. The lowest BCUT2D eigenvalue weighted by Crippen LogP contribution is -2.51. The number of aromatic nitrogens is 2. The van der Waals surface area contributed by atoms with E-state index >= 15 is 0 Å². The lowest BCUT2D eigenvalue weighted by Gasteiger charge is -2.35. The summed E-state index contributed by atoms with van der Waals surface area (Å²) in [5.74, 6) is 1.77. The van der Waals surface area contributed by atoms with E-state index in [1.165, 1.54) is 0 Å². The monoisotopic (exact) mass is 249 g/mol. The molecular weight excluding hydrogens is 230 g/mol. The van der Waals surface area contributed by atoms with Crippen LogP contribution >= 0.6 is 0 Å². The Hall–Kier alpha value is -1.85. The van der Waals surface area contributed by atoms with Crippen molar-refractivity contribution >= 4 is 11.8 Å². The van der Waals surface area contributed by atoms with E-state index in [0.29, 0.717) is 13.1 Å². The second-order valence-corrected chi connectivity index (χ2v) is 4.43. The van der Waals surface area contributed by atoms with Crippen molar-refractivity contribution in [2.45, 2.75) is 20.3 Å². The Morgan fingerprint density at radius 2 is 2.06 bits per heavy atom. The van der Waals surface area contributed by atoms with Gasteiger partial charge in [0.15, 0.2) is 0 Å². The van der Waals surface area contributed by atoms with Crippen molar-refractivity contribution in [3.63, 3.8) is 0 Å². The molecule has 0 saturated carbocycles. The summed E-state index contributed by atoms with van der Waals surface area (Å²) in [7, 11) is 0. The smallest absolute Gasteiger partial charge is 0.314 e. The first-order chi connectivity index (χ1) is 8.61. The molecule has 1 aliphatic rings. The van der Waals surface area contributed by atoms with E-state index in [-0.39, 0.29) is 6.03 Å². The molecule has 98 valence electrons. The molecule has 6 nitrogen and oxygen atoms in total. The lowest BCUT2D eigenvalue weighted by atomic mass is 10.2. The highest BCUT2D eigenvalue weighted by molar-refractivity contribution is 5.72. The number of piperazine rings is 1. The summed E-state index contributed by atoms with van der Waals surface area (Å²) >= 11 is 0. The van der Waals surface area contributed by atoms with Crippen LogP contribution in [0.4, 0.5) is 10.6 Å². The molecule has 2 rings (SSSR count). The predicted molar refractivity (Wildman–Crippen MR) is 69.5 cm³/mol. The topological polar surface area (TPSA) is 75.3 Å². The summed E-state index contributed by atoms with van der Waals surface area (Å²) in [6, 6.07) is -0.343. The number of amides is 2. The molecule has 0 radical (unpaired) electrons. The van der Waals surface area contributed by atoms with Gasteiger partial charge in [-0.05, 0) is 13.3 Å². The standard InChI is InChI=1S/C12H19N5O/c1-3-10-8-14-9(2)15-11(10)16-4-6-17(7-5-16)12(13)18/h8H,3-7H2,1-2H3,(H2,13,18). The van der Waals surface area contributed by atoms with Crippen LogP contribution < -0.4 is 10.6 Å². The molecule has 18 heavy (non-hydrogen) atoms. The second kappa shape index (κ2) is 5.20. The summed E-state index contributed by atoms with van der Waals surface area (Å²) in [5.41, 5.74) is 6.42. The number of hydrogen-bond donors (Lipinski definition) is 1. The summed E-state index contributed by atoms with van der Waals surface area (Å²) < 4.78 is 0. The van der Waals surface area contributed by atoms with Gasteiger partial charge in [0.05, 0.1) is 0 Å². The minimum absolute atomic E-state index is 0.343. The molecule has 1 fully saturated rings. The fourth-order valence-electron chi connectivity index (χ4n) is 2.14. The van der Waals surface area contributed by atoms with Crippen LogP contribution in [0.2, 0.25) is 0 Å². The third-order valence-electron chi connectivity index (χ3n) is 3.23. The zero-order valence-electron chi connectivity index (χ0n) is 10.9. The summed E-state index contributed by atoms with van der Waals surface area (Å²) in [5, 5.41) is 0. The number of primary amides is 1. The molecule has 6 heteroatoms. The van der Waals surface area contributed by atoms with Gasteiger partial charge in [-0.15, -0.1) is 0 Å². The second-order valence-electron chi connectivity index (χ2n) is 4.43. The molecule has 0 atom stereocenters. The van der Waals surface area contributed by atoms with Crippen molar-refractivity contribution in [2.75, 3.05) is 31.1 Å². The number of carbonyl (C=O) groups excluding carboxylic acids is 1. The number of nitrogens with two attached hydrogens (primary N) is 1. The van der Waals surface area contributed by atoms with Crippen molar-refractivity contribution in [1.82, 2.24) is 14.9 Å². The number of hydrogen-bond acceptors (Lipinski definition) is 4. The van der Waals surface area contributed by atoms with Crippen LogP contribution in [0.15, 0.2) is 6.20 Å². The van der Waals surface area contributed by atoms with Crippen LogP contribution in [0.3, 0.4) is 0 Å². The molecule has 1 aliphatic heterocycles. The highest BCUT2D eigenvalue weighted by Gasteiger charge is 2.21. The molecule has 1 aromatic heterocycles. The Bertz CT molecular complexity index is 440. The van der Waals surface area contributed by atoms with Crippen LogP contribution in [0, 0.1) is 6.92 Å². The van der Waals surface area contributed by atoms with Crippen molar-refractivity contribution < 1.29 is 4.79 Å². The zero-order valence-corrected chi connectivity index (χ0v) is 10.9. The third-order valence-corrected chi connectivity index (χ3v) is 3.23. The van der Waals surface area contributed by atoms with E-state index < -0.39 is 0 Å². The van der Waals surface area contributed by atoms with Gasteiger partial charge in [-0.3, -0.25) is 0 Å². The van der Waals surface area contributed by atoms with E-state index in [1.807, 2.05) is 13.1 Å². The molecule has 0 spiro atoms. The van der Waals surface area contributed by atoms with E-state index in [1.54, 1.807) is 4.90 Å². The lowest BCUT2D eigenvalue weighted by molar-refractivity contribution is 0.204. The van der Waals surface area contributed by atoms with Gasteiger partial charge in [-0.2, -0.15) is 0 Å². The molecule has 0 bridgehead atoms. The molecule has 0 aliphatic carbocycles. The van der Waals surface area contributed by atoms with E-state index in [0.717, 1.165) is 36.7 Å². The van der Waals surface area contributed by atoms with Gasteiger partial charge in [0.2, 0.25) is 0 Å². The Kier molecular flexibility index (Phi) is 3.64. The van der Waals surface area contributed by atoms with Gasteiger partial charge < -0.3 is 15.5 Å². The first kappa shape index (κ1) is 12.6. The van der Waals surface area contributed by atoms with Crippen LogP contribution in [0.25, 0.3) is 0 Å². The van der Waals surface area contributed by atoms with E-state index in [2.05, 4.69) is 21.8 Å². The zero-order chi connectivity index (χ0) is 13.1. The van der Waals surface area contributed by atoms with Crippen LogP contribution in [0.1, 0.15) is 18.3 Å². The van der Waals surface area contributed by atoms with Crippen LogP contribution in [-0.4, -0.2) is 47.1 Å². The van der Waals surface area contributed by atoms with E-state index in [4.69, 9.17) is 5.73 Å². The summed E-state index contributed by atoms with van der Waals surface area (Å²) in [6.45, 7) is 6.83. The number of urea groups is 1. The van der Waals surface area contributed by atoms with Gasteiger partial charge in [0.1, 0.15) is 11.6 Å².